The van der Waals surface area contributed by atoms with Gasteiger partial charge < -0.3 is 5.11 Å². The van der Waals surface area contributed by atoms with E-state index < -0.39 is 22.8 Å². The Kier molecular flexibility index (Phi) is 2.63. The summed E-state index contributed by atoms with van der Waals surface area (Å²) < 4.78 is 0. The predicted octanol–water partition coefficient (Wildman–Crippen LogP) is 1.54. The number of hydrogen-bond donors (Lipinski definition) is 1. The summed E-state index contributed by atoms with van der Waals surface area (Å²) in [5.74, 6) is -1.22. The molecule has 1 rings (SSSR count). The third kappa shape index (κ3) is 1.91. The van der Waals surface area contributed by atoms with Crippen molar-refractivity contribution in [2.75, 3.05) is 6.54 Å². The number of aliphatic carboxylic acids is 1. The van der Waals surface area contributed by atoms with Gasteiger partial charge in [-0.2, -0.15) is 0 Å². The molecule has 1 aliphatic rings. The smallest absolute Gasteiger partial charge is 0.307 e. The number of carboxylic acids is 1. The molecule has 0 bridgehead atoms. The SMILES string of the molecule is CC1(C)CN([O])C(C)(C)CC1C(=O)O. The fourth-order valence-electron chi connectivity index (χ4n) is 1.99. The molecule has 4 heteroatoms. The number of hydrogen-bond acceptors (Lipinski definition) is 2. The maximum absolute atomic E-state index is 11.6. The van der Waals surface area contributed by atoms with Crippen molar-refractivity contribution in [3.63, 3.8) is 0 Å². The van der Waals surface area contributed by atoms with Crippen LogP contribution in [0.25, 0.3) is 0 Å². The van der Waals surface area contributed by atoms with Crippen LogP contribution in [0, 0.1) is 11.3 Å². The molecule has 0 spiro atoms. The lowest BCUT2D eigenvalue weighted by Gasteiger charge is -2.47. The molecule has 0 aromatic rings. The van der Waals surface area contributed by atoms with Crippen LogP contribution in [0.15, 0.2) is 0 Å². The van der Waals surface area contributed by atoms with Gasteiger partial charge >= 0.3 is 5.97 Å². The van der Waals surface area contributed by atoms with E-state index in [-0.39, 0.29) is 6.54 Å². The average Bonchev–Trinajstić information content (AvgIpc) is 1.96. The second-order valence-corrected chi connectivity index (χ2v) is 5.43. The zero-order chi connectivity index (χ0) is 11.1. The number of carboxylic acid groups (broad SMARTS) is 1. The van der Waals surface area contributed by atoms with Crippen LogP contribution >= 0.6 is 0 Å². The van der Waals surface area contributed by atoms with Crippen LogP contribution in [0.4, 0.5) is 0 Å². The molecule has 0 aromatic heterocycles. The van der Waals surface area contributed by atoms with Crippen LogP contribution in [0.3, 0.4) is 0 Å². The lowest BCUT2D eigenvalue weighted by molar-refractivity contribution is -0.261. The Bertz CT molecular complexity index is 248. The maximum atomic E-state index is 11.6. The van der Waals surface area contributed by atoms with E-state index in [1.165, 1.54) is 0 Å². The van der Waals surface area contributed by atoms with Crippen molar-refractivity contribution in [3.8, 4) is 0 Å². The van der Waals surface area contributed by atoms with E-state index in [4.69, 9.17) is 5.11 Å². The van der Waals surface area contributed by atoms with Crippen LogP contribution in [0.1, 0.15) is 34.1 Å². The van der Waals surface area contributed by atoms with Crippen molar-refractivity contribution >= 4 is 5.97 Å². The monoisotopic (exact) mass is 200 g/mol. The summed E-state index contributed by atoms with van der Waals surface area (Å²) in [6.07, 6.45) is 0.416. The van der Waals surface area contributed by atoms with E-state index in [2.05, 4.69) is 0 Å². The zero-order valence-electron chi connectivity index (χ0n) is 9.20. The van der Waals surface area contributed by atoms with Gasteiger partial charge in [0.05, 0.1) is 5.92 Å². The highest BCUT2D eigenvalue weighted by Gasteiger charge is 2.48. The number of rotatable bonds is 1. The minimum Gasteiger partial charge on any atom is -0.481 e. The van der Waals surface area contributed by atoms with Crippen molar-refractivity contribution in [2.24, 2.45) is 11.3 Å². The first-order valence-corrected chi connectivity index (χ1v) is 4.84. The molecule has 4 nitrogen and oxygen atoms in total. The molecular formula is C10H18NO3. The van der Waals surface area contributed by atoms with Crippen molar-refractivity contribution in [2.45, 2.75) is 39.7 Å². The molecule has 0 saturated carbocycles. The molecule has 1 fully saturated rings. The quantitative estimate of drug-likeness (QED) is 0.698. The minimum absolute atomic E-state index is 0.289. The molecule has 0 aromatic carbocycles. The fraction of sp³-hybridized carbons (Fsp3) is 0.900. The zero-order valence-corrected chi connectivity index (χ0v) is 9.20. The van der Waals surface area contributed by atoms with Crippen LogP contribution < -0.4 is 0 Å². The normalized spacial score (nSPS) is 31.4. The molecule has 1 unspecified atom stereocenters. The first-order valence-electron chi connectivity index (χ1n) is 4.84. The highest BCUT2D eigenvalue weighted by molar-refractivity contribution is 5.71. The Morgan fingerprint density at radius 1 is 1.36 bits per heavy atom. The Labute approximate surface area is 84.5 Å². The van der Waals surface area contributed by atoms with E-state index in [0.717, 1.165) is 5.06 Å². The number of carbonyl (C=O) groups is 1. The van der Waals surface area contributed by atoms with Gasteiger partial charge in [0.2, 0.25) is 0 Å². The maximum Gasteiger partial charge on any atom is 0.307 e. The van der Waals surface area contributed by atoms with Gasteiger partial charge in [0.25, 0.3) is 0 Å². The van der Waals surface area contributed by atoms with Gasteiger partial charge in [-0.25, -0.2) is 0 Å². The standard InChI is InChI=1S/C10H18NO3/c1-9(2)6-11(14)10(3,4)5-7(9)8(12)13/h7H,5-6H2,1-4H3,(H,12,13). The highest BCUT2D eigenvalue weighted by Crippen LogP contribution is 2.41. The van der Waals surface area contributed by atoms with Gasteiger partial charge in [0, 0.05) is 12.1 Å². The molecule has 0 aliphatic carbocycles. The first-order chi connectivity index (χ1) is 6.17. The largest absolute Gasteiger partial charge is 0.481 e. The van der Waals surface area contributed by atoms with Crippen molar-refractivity contribution in [1.29, 1.82) is 0 Å². The van der Waals surface area contributed by atoms with Crippen molar-refractivity contribution < 1.29 is 15.1 Å². The Hall–Kier alpha value is -0.610. The van der Waals surface area contributed by atoms with Crippen molar-refractivity contribution in [1.82, 2.24) is 5.06 Å². The second kappa shape index (κ2) is 3.21. The third-order valence-electron chi connectivity index (χ3n) is 3.17. The van der Waals surface area contributed by atoms with Crippen molar-refractivity contribution in [3.05, 3.63) is 0 Å². The summed E-state index contributed by atoms with van der Waals surface area (Å²) in [5.41, 5.74) is -0.998. The van der Waals surface area contributed by atoms with Gasteiger partial charge in [0.15, 0.2) is 0 Å². The van der Waals surface area contributed by atoms with E-state index in [1.54, 1.807) is 13.8 Å². The number of hydroxylamine groups is 2. The van der Waals surface area contributed by atoms with Crippen LogP contribution in [-0.2, 0) is 10.0 Å². The van der Waals surface area contributed by atoms with Gasteiger partial charge in [0.1, 0.15) is 0 Å². The lowest BCUT2D eigenvalue weighted by atomic mass is 9.69. The fourth-order valence-corrected chi connectivity index (χ4v) is 1.99. The summed E-state index contributed by atoms with van der Waals surface area (Å²) in [6.45, 7) is 7.56. The molecule has 1 atom stereocenters. The summed E-state index contributed by atoms with van der Waals surface area (Å²) in [4.78, 5) is 11.0. The number of nitrogens with zero attached hydrogens (tertiary/aromatic N) is 1. The summed E-state index contributed by atoms with van der Waals surface area (Å²) in [5, 5.41) is 21.7. The van der Waals surface area contributed by atoms with Crippen LogP contribution in [0.2, 0.25) is 0 Å². The average molecular weight is 200 g/mol. The Morgan fingerprint density at radius 2 is 1.86 bits per heavy atom. The number of piperidine rings is 1. The first kappa shape index (κ1) is 11.5. The van der Waals surface area contributed by atoms with Crippen LogP contribution in [-0.4, -0.2) is 28.2 Å². The summed E-state index contributed by atoms with van der Waals surface area (Å²) in [7, 11) is 0. The third-order valence-corrected chi connectivity index (χ3v) is 3.17. The van der Waals surface area contributed by atoms with E-state index in [9.17, 15) is 10.0 Å². The van der Waals surface area contributed by atoms with Gasteiger partial charge in [-0.15, -0.1) is 10.3 Å². The van der Waals surface area contributed by atoms with Gasteiger partial charge in [-0.05, 0) is 25.7 Å². The molecule has 1 heterocycles. The van der Waals surface area contributed by atoms with E-state index in [1.807, 2.05) is 13.8 Å². The Morgan fingerprint density at radius 3 is 2.29 bits per heavy atom. The molecule has 0 amide bonds. The molecule has 81 valence electrons. The molecular weight excluding hydrogens is 182 g/mol. The topological polar surface area (TPSA) is 60.4 Å². The second-order valence-electron chi connectivity index (χ2n) is 5.43. The molecule has 1 N–H and O–H groups in total. The molecule has 14 heavy (non-hydrogen) atoms. The molecule has 1 radical (unpaired) electrons. The summed E-state index contributed by atoms with van der Waals surface area (Å²) >= 11 is 0. The highest BCUT2D eigenvalue weighted by atomic mass is 16.5. The van der Waals surface area contributed by atoms with Gasteiger partial charge in [-0.1, -0.05) is 13.8 Å². The van der Waals surface area contributed by atoms with E-state index >= 15 is 0 Å². The molecule has 1 saturated heterocycles. The predicted molar refractivity (Wildman–Crippen MR) is 51.0 cm³/mol. The van der Waals surface area contributed by atoms with Gasteiger partial charge in [-0.3, -0.25) is 4.79 Å². The Balaban J connectivity index is 2.92. The summed E-state index contributed by atoms with van der Waals surface area (Å²) in [6, 6.07) is 0. The minimum atomic E-state index is -0.795. The van der Waals surface area contributed by atoms with E-state index in [0.29, 0.717) is 6.42 Å². The lowest BCUT2D eigenvalue weighted by Crippen LogP contribution is -2.56. The van der Waals surface area contributed by atoms with Crippen LogP contribution in [0.5, 0.6) is 0 Å². The molecule has 1 aliphatic heterocycles.